The van der Waals surface area contributed by atoms with E-state index in [-0.39, 0.29) is 18.9 Å². The monoisotopic (exact) mass is 303 g/mol. The third-order valence-corrected chi connectivity index (χ3v) is 2.51. The topological polar surface area (TPSA) is 102 Å². The third-order valence-electron chi connectivity index (χ3n) is 2.51. The lowest BCUT2D eigenvalue weighted by Gasteiger charge is -2.23. The smallest absolute Gasteiger partial charge is 0.408 e. The summed E-state index contributed by atoms with van der Waals surface area (Å²) in [5, 5.41) is 11.1. The third kappa shape index (κ3) is 9.70. The van der Waals surface area contributed by atoms with Crippen LogP contribution in [-0.2, 0) is 19.1 Å². The highest BCUT2D eigenvalue weighted by Gasteiger charge is 2.26. The van der Waals surface area contributed by atoms with Crippen LogP contribution < -0.4 is 5.32 Å². The second-order valence-corrected chi connectivity index (χ2v) is 5.79. The fourth-order valence-electron chi connectivity index (χ4n) is 1.33. The first-order valence-electron chi connectivity index (χ1n) is 6.97. The van der Waals surface area contributed by atoms with Crippen molar-refractivity contribution in [3.63, 3.8) is 0 Å². The van der Waals surface area contributed by atoms with Crippen molar-refractivity contribution in [2.24, 2.45) is 0 Å². The second kappa shape index (κ2) is 8.49. The van der Waals surface area contributed by atoms with Crippen LogP contribution in [0.3, 0.4) is 0 Å². The summed E-state index contributed by atoms with van der Waals surface area (Å²) in [5.74, 6) is -1.71. The number of hydrogen-bond acceptors (Lipinski definition) is 5. The number of carboxylic acid groups (broad SMARTS) is 1. The summed E-state index contributed by atoms with van der Waals surface area (Å²) in [7, 11) is 0. The number of carboxylic acids is 1. The van der Waals surface area contributed by atoms with Gasteiger partial charge in [-0.2, -0.15) is 0 Å². The number of ether oxygens (including phenoxy) is 2. The molecule has 7 heteroatoms. The zero-order valence-corrected chi connectivity index (χ0v) is 13.3. The maximum Gasteiger partial charge on any atom is 0.408 e. The molecule has 0 radical (unpaired) electrons. The number of carbonyl (C=O) groups is 3. The molecule has 0 rings (SSSR count). The van der Waals surface area contributed by atoms with Gasteiger partial charge < -0.3 is 19.9 Å². The van der Waals surface area contributed by atoms with E-state index in [1.165, 1.54) is 0 Å². The van der Waals surface area contributed by atoms with Crippen molar-refractivity contribution in [2.45, 2.75) is 71.6 Å². The van der Waals surface area contributed by atoms with Gasteiger partial charge in [-0.05, 0) is 40.5 Å². The molecule has 2 atom stereocenters. The number of esters is 1. The summed E-state index contributed by atoms with van der Waals surface area (Å²) in [6, 6.07) is -1.04. The number of nitrogens with one attached hydrogen (secondary N) is 1. The number of carbonyl (C=O) groups excluding carboxylic acids is 2. The molecule has 0 aromatic carbocycles. The molecule has 2 unspecified atom stereocenters. The van der Waals surface area contributed by atoms with E-state index in [4.69, 9.17) is 14.6 Å². The highest BCUT2D eigenvalue weighted by Crippen LogP contribution is 2.09. The maximum atomic E-state index is 11.9. The van der Waals surface area contributed by atoms with E-state index in [1.807, 2.05) is 6.92 Å². The lowest BCUT2D eigenvalue weighted by Crippen LogP contribution is -2.45. The molecule has 0 saturated heterocycles. The molecular formula is C14H25NO6. The first kappa shape index (κ1) is 19.2. The van der Waals surface area contributed by atoms with Crippen LogP contribution in [0, 0.1) is 0 Å². The van der Waals surface area contributed by atoms with Gasteiger partial charge in [0.15, 0.2) is 0 Å². The molecule has 0 aliphatic heterocycles. The molecule has 0 aliphatic carbocycles. The van der Waals surface area contributed by atoms with Gasteiger partial charge in [0.2, 0.25) is 0 Å². The average Bonchev–Trinajstić information content (AvgIpc) is 2.31. The molecule has 1 amide bonds. The van der Waals surface area contributed by atoms with Gasteiger partial charge in [0.25, 0.3) is 0 Å². The van der Waals surface area contributed by atoms with Crippen molar-refractivity contribution in [3.05, 3.63) is 0 Å². The van der Waals surface area contributed by atoms with Crippen LogP contribution in [0.1, 0.15) is 53.9 Å². The van der Waals surface area contributed by atoms with Crippen molar-refractivity contribution >= 4 is 18.0 Å². The Labute approximate surface area is 125 Å². The Morgan fingerprint density at radius 2 is 1.81 bits per heavy atom. The van der Waals surface area contributed by atoms with Crippen molar-refractivity contribution in [1.29, 1.82) is 0 Å². The van der Waals surface area contributed by atoms with Crippen molar-refractivity contribution in [2.75, 3.05) is 0 Å². The fraction of sp³-hybridized carbons (Fsp3) is 0.786. The Hall–Kier alpha value is -1.79. The normalized spacial score (nSPS) is 14.0. The Balaban J connectivity index is 4.68. The Kier molecular flexibility index (Phi) is 7.76. The first-order valence-corrected chi connectivity index (χ1v) is 6.97. The zero-order valence-electron chi connectivity index (χ0n) is 13.3. The lowest BCUT2D eigenvalue weighted by atomic mass is 10.1. The molecule has 122 valence electrons. The predicted molar refractivity (Wildman–Crippen MR) is 75.9 cm³/mol. The Bertz CT molecular complexity index is 374. The van der Waals surface area contributed by atoms with Crippen LogP contribution in [-0.4, -0.2) is 40.9 Å². The van der Waals surface area contributed by atoms with E-state index in [9.17, 15) is 14.4 Å². The minimum Gasteiger partial charge on any atom is -0.481 e. The highest BCUT2D eigenvalue weighted by molar-refractivity contribution is 5.82. The Morgan fingerprint density at radius 1 is 1.24 bits per heavy atom. The SMILES string of the molecule is CCC(C)OC(=O)C(CCC(=O)O)NC(=O)OC(C)(C)C. The highest BCUT2D eigenvalue weighted by atomic mass is 16.6. The molecule has 0 saturated carbocycles. The molecule has 0 aromatic rings. The van der Waals surface area contributed by atoms with Crippen molar-refractivity contribution < 1.29 is 29.0 Å². The number of rotatable bonds is 7. The molecule has 0 aromatic heterocycles. The van der Waals surface area contributed by atoms with Gasteiger partial charge in [0.05, 0.1) is 6.10 Å². The standard InChI is InChI=1S/C14H25NO6/c1-6-9(2)20-12(18)10(7-8-11(16)17)15-13(19)21-14(3,4)5/h9-10H,6-8H2,1-5H3,(H,15,19)(H,16,17). The van der Waals surface area contributed by atoms with E-state index in [2.05, 4.69) is 5.32 Å². The summed E-state index contributed by atoms with van der Waals surface area (Å²) in [6.45, 7) is 8.65. The minimum absolute atomic E-state index is 0.0517. The van der Waals surface area contributed by atoms with E-state index in [1.54, 1.807) is 27.7 Å². The molecule has 7 nitrogen and oxygen atoms in total. The molecular weight excluding hydrogens is 278 g/mol. The minimum atomic E-state index is -1.05. The first-order chi connectivity index (χ1) is 9.55. The fourth-order valence-corrected chi connectivity index (χ4v) is 1.33. The largest absolute Gasteiger partial charge is 0.481 e. The number of hydrogen-bond donors (Lipinski definition) is 2. The van der Waals surface area contributed by atoms with Crippen LogP contribution in [0.4, 0.5) is 4.79 Å². The molecule has 0 heterocycles. The summed E-state index contributed by atoms with van der Waals surface area (Å²) in [5.41, 5.74) is -0.706. The molecule has 0 spiro atoms. The van der Waals surface area contributed by atoms with Crippen LogP contribution in [0.2, 0.25) is 0 Å². The van der Waals surface area contributed by atoms with Crippen LogP contribution in [0.15, 0.2) is 0 Å². The second-order valence-electron chi connectivity index (χ2n) is 5.79. The van der Waals surface area contributed by atoms with E-state index in [0.29, 0.717) is 6.42 Å². The summed E-state index contributed by atoms with van der Waals surface area (Å²) in [4.78, 5) is 34.2. The van der Waals surface area contributed by atoms with Gasteiger partial charge in [0.1, 0.15) is 11.6 Å². The molecule has 0 fully saturated rings. The molecule has 0 bridgehead atoms. The van der Waals surface area contributed by atoms with Crippen molar-refractivity contribution in [3.8, 4) is 0 Å². The van der Waals surface area contributed by atoms with Gasteiger partial charge in [-0.1, -0.05) is 6.92 Å². The van der Waals surface area contributed by atoms with Gasteiger partial charge >= 0.3 is 18.0 Å². The summed E-state index contributed by atoms with van der Waals surface area (Å²) < 4.78 is 10.2. The zero-order chi connectivity index (χ0) is 16.6. The Morgan fingerprint density at radius 3 is 2.24 bits per heavy atom. The van der Waals surface area contributed by atoms with E-state index >= 15 is 0 Å². The molecule has 21 heavy (non-hydrogen) atoms. The van der Waals surface area contributed by atoms with Gasteiger partial charge in [-0.3, -0.25) is 4.79 Å². The van der Waals surface area contributed by atoms with Crippen LogP contribution in [0.25, 0.3) is 0 Å². The van der Waals surface area contributed by atoms with E-state index < -0.39 is 29.7 Å². The number of alkyl carbamates (subject to hydrolysis) is 1. The lowest BCUT2D eigenvalue weighted by molar-refractivity contribution is -0.151. The quantitative estimate of drug-likeness (QED) is 0.698. The van der Waals surface area contributed by atoms with Gasteiger partial charge in [-0.15, -0.1) is 0 Å². The predicted octanol–water partition coefficient (Wildman–Crippen LogP) is 2.09. The van der Waals surface area contributed by atoms with Gasteiger partial charge in [0, 0.05) is 6.42 Å². The van der Waals surface area contributed by atoms with Crippen LogP contribution >= 0.6 is 0 Å². The van der Waals surface area contributed by atoms with Crippen molar-refractivity contribution in [1.82, 2.24) is 5.32 Å². The maximum absolute atomic E-state index is 11.9. The van der Waals surface area contributed by atoms with Crippen LogP contribution in [0.5, 0.6) is 0 Å². The summed E-state index contributed by atoms with van der Waals surface area (Å²) >= 11 is 0. The summed E-state index contributed by atoms with van der Waals surface area (Å²) in [6.07, 6.45) is -0.756. The van der Waals surface area contributed by atoms with Gasteiger partial charge in [-0.25, -0.2) is 9.59 Å². The molecule has 0 aliphatic rings. The number of aliphatic carboxylic acids is 1. The average molecular weight is 303 g/mol. The number of amides is 1. The van der Waals surface area contributed by atoms with E-state index in [0.717, 1.165) is 0 Å². The molecule has 2 N–H and O–H groups in total.